The standard InChI is InChI=1S/C13H17BrN2O3/c1-7(2)3-11(15)12(17)16-10-5-8(13(18)19)4-9(14)6-10/h4-7,11H,3,15H2,1-2H3,(H,16,17)(H,18,19). The minimum Gasteiger partial charge on any atom is -0.478 e. The van der Waals surface area contributed by atoms with Crippen molar-refractivity contribution in [2.24, 2.45) is 11.7 Å². The minimum absolute atomic E-state index is 0.0992. The molecule has 0 heterocycles. The summed E-state index contributed by atoms with van der Waals surface area (Å²) in [5.74, 6) is -1.05. The number of carboxylic acid groups (broad SMARTS) is 1. The number of nitrogens with two attached hydrogens (primary N) is 1. The molecule has 0 aliphatic heterocycles. The van der Waals surface area contributed by atoms with Gasteiger partial charge in [0.15, 0.2) is 0 Å². The molecule has 1 unspecified atom stereocenters. The van der Waals surface area contributed by atoms with E-state index >= 15 is 0 Å². The van der Waals surface area contributed by atoms with E-state index in [1.807, 2.05) is 13.8 Å². The molecule has 6 heteroatoms. The van der Waals surface area contributed by atoms with Gasteiger partial charge in [-0.15, -0.1) is 0 Å². The van der Waals surface area contributed by atoms with E-state index in [0.29, 0.717) is 22.5 Å². The van der Waals surface area contributed by atoms with Crippen molar-refractivity contribution >= 4 is 33.5 Å². The Morgan fingerprint density at radius 1 is 1.37 bits per heavy atom. The van der Waals surface area contributed by atoms with Gasteiger partial charge in [-0.1, -0.05) is 29.8 Å². The molecule has 0 aliphatic carbocycles. The summed E-state index contributed by atoms with van der Waals surface area (Å²) in [4.78, 5) is 22.8. The highest BCUT2D eigenvalue weighted by atomic mass is 79.9. The van der Waals surface area contributed by atoms with Crippen LogP contribution in [0, 0.1) is 5.92 Å². The van der Waals surface area contributed by atoms with E-state index in [1.165, 1.54) is 12.1 Å². The van der Waals surface area contributed by atoms with Crippen LogP contribution in [0.5, 0.6) is 0 Å². The highest BCUT2D eigenvalue weighted by Gasteiger charge is 2.16. The second-order valence-electron chi connectivity index (χ2n) is 4.76. The van der Waals surface area contributed by atoms with Crippen LogP contribution in [0.2, 0.25) is 0 Å². The first-order valence-corrected chi connectivity index (χ1v) is 6.69. The Labute approximate surface area is 120 Å². The van der Waals surface area contributed by atoms with Crippen LogP contribution in [0.25, 0.3) is 0 Å². The third-order valence-electron chi connectivity index (χ3n) is 2.47. The average Bonchev–Trinajstić information content (AvgIpc) is 2.26. The van der Waals surface area contributed by atoms with E-state index < -0.39 is 12.0 Å². The highest BCUT2D eigenvalue weighted by Crippen LogP contribution is 2.20. The number of benzene rings is 1. The predicted molar refractivity (Wildman–Crippen MR) is 77.2 cm³/mol. The van der Waals surface area contributed by atoms with E-state index in [4.69, 9.17) is 10.8 Å². The summed E-state index contributed by atoms with van der Waals surface area (Å²) < 4.78 is 0.583. The zero-order valence-electron chi connectivity index (χ0n) is 10.8. The van der Waals surface area contributed by atoms with Crippen LogP contribution in [-0.2, 0) is 4.79 Å². The van der Waals surface area contributed by atoms with Crippen LogP contribution >= 0.6 is 15.9 Å². The summed E-state index contributed by atoms with van der Waals surface area (Å²) in [7, 11) is 0. The summed E-state index contributed by atoms with van der Waals surface area (Å²) in [6, 6.07) is 3.89. The molecule has 0 aliphatic rings. The molecule has 0 saturated heterocycles. The van der Waals surface area contributed by atoms with Gasteiger partial charge in [0.05, 0.1) is 11.6 Å². The lowest BCUT2D eigenvalue weighted by Crippen LogP contribution is -2.36. The quantitative estimate of drug-likeness (QED) is 0.774. The van der Waals surface area contributed by atoms with Gasteiger partial charge in [0, 0.05) is 10.2 Å². The fourth-order valence-corrected chi connectivity index (χ4v) is 2.13. The zero-order valence-corrected chi connectivity index (χ0v) is 12.4. The lowest BCUT2D eigenvalue weighted by Gasteiger charge is -2.14. The number of carboxylic acids is 1. The molecule has 0 bridgehead atoms. The highest BCUT2D eigenvalue weighted by molar-refractivity contribution is 9.10. The molecule has 0 radical (unpaired) electrons. The number of anilines is 1. The number of carbonyl (C=O) groups excluding carboxylic acids is 1. The van der Waals surface area contributed by atoms with Crippen LogP contribution < -0.4 is 11.1 Å². The molecule has 104 valence electrons. The van der Waals surface area contributed by atoms with Gasteiger partial charge in [0.25, 0.3) is 0 Å². The molecule has 4 N–H and O–H groups in total. The maximum atomic E-state index is 11.8. The van der Waals surface area contributed by atoms with E-state index in [-0.39, 0.29) is 11.5 Å². The molecule has 5 nitrogen and oxygen atoms in total. The van der Waals surface area contributed by atoms with Gasteiger partial charge in [-0.3, -0.25) is 4.79 Å². The first-order chi connectivity index (χ1) is 8.79. The fraction of sp³-hybridized carbons (Fsp3) is 0.385. The second-order valence-corrected chi connectivity index (χ2v) is 5.67. The molecule has 0 saturated carbocycles. The van der Waals surface area contributed by atoms with Crippen molar-refractivity contribution in [1.29, 1.82) is 0 Å². The smallest absolute Gasteiger partial charge is 0.335 e. The van der Waals surface area contributed by atoms with E-state index in [1.54, 1.807) is 6.07 Å². The Balaban J connectivity index is 2.82. The lowest BCUT2D eigenvalue weighted by molar-refractivity contribution is -0.117. The summed E-state index contributed by atoms with van der Waals surface area (Å²) in [5, 5.41) is 11.6. The molecule has 1 amide bonds. The van der Waals surface area contributed by atoms with Gasteiger partial charge in [-0.05, 0) is 30.5 Å². The number of amides is 1. The van der Waals surface area contributed by atoms with Crippen molar-refractivity contribution < 1.29 is 14.7 Å². The maximum Gasteiger partial charge on any atom is 0.335 e. The Morgan fingerprint density at radius 3 is 2.53 bits per heavy atom. The Kier molecular flexibility index (Phi) is 5.50. The topological polar surface area (TPSA) is 92.4 Å². The molecule has 0 fully saturated rings. The van der Waals surface area contributed by atoms with Crippen molar-refractivity contribution in [3.8, 4) is 0 Å². The van der Waals surface area contributed by atoms with Crippen molar-refractivity contribution in [3.63, 3.8) is 0 Å². The summed E-state index contributed by atoms with van der Waals surface area (Å²) in [5.41, 5.74) is 6.27. The molecule has 0 aromatic heterocycles. The van der Waals surface area contributed by atoms with E-state index in [2.05, 4.69) is 21.2 Å². The number of halogens is 1. The van der Waals surface area contributed by atoms with Gasteiger partial charge >= 0.3 is 5.97 Å². The van der Waals surface area contributed by atoms with Crippen LogP contribution in [-0.4, -0.2) is 23.0 Å². The normalized spacial score (nSPS) is 12.3. The third kappa shape index (κ3) is 5.00. The van der Waals surface area contributed by atoms with Gasteiger partial charge in [-0.25, -0.2) is 4.79 Å². The Morgan fingerprint density at radius 2 is 2.00 bits per heavy atom. The number of hydrogen-bond donors (Lipinski definition) is 3. The summed E-state index contributed by atoms with van der Waals surface area (Å²) in [6.45, 7) is 3.96. The lowest BCUT2D eigenvalue weighted by atomic mass is 10.0. The fourth-order valence-electron chi connectivity index (χ4n) is 1.64. The number of nitrogens with one attached hydrogen (secondary N) is 1. The molecule has 1 atom stereocenters. The molecular formula is C13H17BrN2O3. The van der Waals surface area contributed by atoms with Crippen molar-refractivity contribution in [3.05, 3.63) is 28.2 Å². The van der Waals surface area contributed by atoms with Gasteiger partial charge in [0.1, 0.15) is 0 Å². The average molecular weight is 329 g/mol. The monoisotopic (exact) mass is 328 g/mol. The van der Waals surface area contributed by atoms with Crippen molar-refractivity contribution in [1.82, 2.24) is 0 Å². The SMILES string of the molecule is CC(C)CC(N)C(=O)Nc1cc(Br)cc(C(=O)O)c1. The van der Waals surface area contributed by atoms with Crippen LogP contribution in [0.4, 0.5) is 5.69 Å². The Bertz CT molecular complexity index is 489. The maximum absolute atomic E-state index is 11.8. The predicted octanol–water partition coefficient (Wildman–Crippen LogP) is 2.46. The largest absolute Gasteiger partial charge is 0.478 e. The van der Waals surface area contributed by atoms with Crippen molar-refractivity contribution in [2.75, 3.05) is 5.32 Å². The molecule has 1 rings (SSSR count). The minimum atomic E-state index is -1.05. The molecule has 1 aromatic carbocycles. The molecule has 19 heavy (non-hydrogen) atoms. The Hall–Kier alpha value is -1.40. The third-order valence-corrected chi connectivity index (χ3v) is 2.93. The number of aromatic carboxylic acids is 1. The van der Waals surface area contributed by atoms with E-state index in [9.17, 15) is 9.59 Å². The second kappa shape index (κ2) is 6.68. The number of rotatable bonds is 5. The van der Waals surface area contributed by atoms with Crippen LogP contribution in [0.1, 0.15) is 30.6 Å². The van der Waals surface area contributed by atoms with Crippen molar-refractivity contribution in [2.45, 2.75) is 26.3 Å². The van der Waals surface area contributed by atoms with Gasteiger partial charge < -0.3 is 16.2 Å². The molecular weight excluding hydrogens is 312 g/mol. The molecule has 1 aromatic rings. The van der Waals surface area contributed by atoms with Gasteiger partial charge in [-0.2, -0.15) is 0 Å². The number of hydrogen-bond acceptors (Lipinski definition) is 3. The zero-order chi connectivity index (χ0) is 14.6. The summed E-state index contributed by atoms with van der Waals surface area (Å²) in [6.07, 6.45) is 0.575. The first-order valence-electron chi connectivity index (χ1n) is 5.90. The van der Waals surface area contributed by atoms with Crippen LogP contribution in [0.3, 0.4) is 0 Å². The summed E-state index contributed by atoms with van der Waals surface area (Å²) >= 11 is 3.20. The van der Waals surface area contributed by atoms with Gasteiger partial charge in [0.2, 0.25) is 5.91 Å². The first kappa shape index (κ1) is 15.7. The van der Waals surface area contributed by atoms with Crippen LogP contribution in [0.15, 0.2) is 22.7 Å². The van der Waals surface area contributed by atoms with E-state index in [0.717, 1.165) is 0 Å². The number of carbonyl (C=O) groups is 2. The molecule has 0 spiro atoms.